The molecule has 0 heterocycles. The predicted molar refractivity (Wildman–Crippen MR) is 119 cm³/mol. The molecule has 0 aliphatic rings. The number of nitrogens with zero attached hydrogens (tertiary/aromatic N) is 1. The Kier molecular flexibility index (Phi) is 7.62. The highest BCUT2D eigenvalue weighted by Gasteiger charge is 2.34. The molecule has 0 fully saturated rings. The van der Waals surface area contributed by atoms with Gasteiger partial charge in [0, 0.05) is 5.56 Å². The maximum Gasteiger partial charge on any atom is 0.488 e. The molecule has 8 heteroatoms. The van der Waals surface area contributed by atoms with Crippen LogP contribution in [0.5, 0.6) is 0 Å². The monoisotopic (exact) mass is 428 g/mol. The lowest BCUT2D eigenvalue weighted by molar-refractivity contribution is 0.0283. The summed E-state index contributed by atoms with van der Waals surface area (Å²) < 4.78 is 14.5. The molecule has 0 aromatic heterocycles. The van der Waals surface area contributed by atoms with Crippen molar-refractivity contribution in [3.05, 3.63) is 64.5 Å². The molecule has 2 aromatic carbocycles. The van der Waals surface area contributed by atoms with E-state index in [0.717, 1.165) is 23.3 Å². The zero-order valence-electron chi connectivity index (χ0n) is 18.9. The van der Waals surface area contributed by atoms with Crippen molar-refractivity contribution in [2.75, 3.05) is 0 Å². The SMILES string of the molecule is CC[C@@H](N(NC(=O)c1ccc(B(O)O)cc1F)C(=O)c1cc(C)cc(C)c1)C(C)(C)C. The Morgan fingerprint density at radius 1 is 1.10 bits per heavy atom. The van der Waals surface area contributed by atoms with Crippen LogP contribution in [-0.4, -0.2) is 40.0 Å². The minimum atomic E-state index is -1.85. The first-order chi connectivity index (χ1) is 14.3. The highest BCUT2D eigenvalue weighted by atomic mass is 19.1. The van der Waals surface area contributed by atoms with Crippen molar-refractivity contribution in [1.29, 1.82) is 0 Å². The minimum absolute atomic E-state index is 0.0710. The van der Waals surface area contributed by atoms with Gasteiger partial charge in [-0.15, -0.1) is 0 Å². The van der Waals surface area contributed by atoms with Gasteiger partial charge in [0.05, 0.1) is 11.6 Å². The molecule has 0 bridgehead atoms. The van der Waals surface area contributed by atoms with Crippen LogP contribution in [-0.2, 0) is 0 Å². The van der Waals surface area contributed by atoms with E-state index in [9.17, 15) is 24.0 Å². The zero-order chi connectivity index (χ0) is 23.5. The minimum Gasteiger partial charge on any atom is -0.423 e. The van der Waals surface area contributed by atoms with Crippen LogP contribution in [0.25, 0.3) is 0 Å². The van der Waals surface area contributed by atoms with Gasteiger partial charge in [0.2, 0.25) is 0 Å². The van der Waals surface area contributed by atoms with E-state index in [-0.39, 0.29) is 28.4 Å². The van der Waals surface area contributed by atoms with E-state index in [1.165, 1.54) is 11.1 Å². The number of rotatable bonds is 5. The van der Waals surface area contributed by atoms with Gasteiger partial charge in [-0.1, -0.05) is 51.0 Å². The van der Waals surface area contributed by atoms with Gasteiger partial charge in [0.25, 0.3) is 11.8 Å². The van der Waals surface area contributed by atoms with Gasteiger partial charge < -0.3 is 10.0 Å². The lowest BCUT2D eigenvalue weighted by Gasteiger charge is -2.39. The van der Waals surface area contributed by atoms with Crippen molar-refractivity contribution in [3.8, 4) is 0 Å². The van der Waals surface area contributed by atoms with Gasteiger partial charge in [-0.05, 0) is 55.4 Å². The summed E-state index contributed by atoms with van der Waals surface area (Å²) in [6.45, 7) is 11.6. The van der Waals surface area contributed by atoms with Crippen LogP contribution < -0.4 is 10.9 Å². The van der Waals surface area contributed by atoms with E-state index in [1.54, 1.807) is 12.1 Å². The maximum atomic E-state index is 14.5. The Labute approximate surface area is 183 Å². The number of halogens is 1. The first-order valence-corrected chi connectivity index (χ1v) is 10.2. The van der Waals surface area contributed by atoms with Crippen LogP contribution in [0.1, 0.15) is 66.0 Å². The average molecular weight is 428 g/mol. The highest BCUT2D eigenvalue weighted by Crippen LogP contribution is 2.27. The summed E-state index contributed by atoms with van der Waals surface area (Å²) in [5, 5.41) is 19.7. The summed E-state index contributed by atoms with van der Waals surface area (Å²) in [6, 6.07) is 8.40. The molecule has 6 nitrogen and oxygen atoms in total. The summed E-state index contributed by atoms with van der Waals surface area (Å²) in [5.74, 6) is -2.09. The van der Waals surface area contributed by atoms with Gasteiger partial charge in [0.1, 0.15) is 5.82 Å². The van der Waals surface area contributed by atoms with Crippen LogP contribution in [0.15, 0.2) is 36.4 Å². The smallest absolute Gasteiger partial charge is 0.423 e. The Bertz CT molecular complexity index is 952. The molecule has 0 aliphatic heterocycles. The summed E-state index contributed by atoms with van der Waals surface area (Å²) in [7, 11) is -1.85. The quantitative estimate of drug-likeness (QED) is 0.505. The van der Waals surface area contributed by atoms with E-state index in [4.69, 9.17) is 0 Å². The summed E-state index contributed by atoms with van der Waals surface area (Å²) in [4.78, 5) is 26.3. The first-order valence-electron chi connectivity index (χ1n) is 10.2. The van der Waals surface area contributed by atoms with Crippen molar-refractivity contribution >= 4 is 24.4 Å². The molecular formula is C23H30BFN2O4. The van der Waals surface area contributed by atoms with Gasteiger partial charge in [0.15, 0.2) is 0 Å². The summed E-state index contributed by atoms with van der Waals surface area (Å²) in [5.41, 5.74) is 4.13. The lowest BCUT2D eigenvalue weighted by atomic mass is 9.80. The third-order valence-corrected chi connectivity index (χ3v) is 5.14. The summed E-state index contributed by atoms with van der Waals surface area (Å²) in [6.07, 6.45) is 0.568. The molecule has 0 radical (unpaired) electrons. The normalized spacial score (nSPS) is 12.3. The zero-order valence-corrected chi connectivity index (χ0v) is 18.9. The van der Waals surface area contributed by atoms with Gasteiger partial charge in [-0.25, -0.2) is 9.40 Å². The third kappa shape index (κ3) is 5.92. The molecule has 2 aromatic rings. The van der Waals surface area contributed by atoms with Gasteiger partial charge >= 0.3 is 7.12 Å². The van der Waals surface area contributed by atoms with Crippen molar-refractivity contribution in [1.82, 2.24) is 10.4 Å². The van der Waals surface area contributed by atoms with Crippen molar-refractivity contribution in [3.63, 3.8) is 0 Å². The number of aryl methyl sites for hydroxylation is 2. The lowest BCUT2D eigenvalue weighted by Crippen LogP contribution is -2.56. The molecule has 3 N–H and O–H groups in total. The van der Waals surface area contributed by atoms with E-state index in [1.807, 2.05) is 47.6 Å². The number of hydrogen-bond acceptors (Lipinski definition) is 4. The molecule has 0 aliphatic carbocycles. The number of hydrogen-bond donors (Lipinski definition) is 3. The predicted octanol–water partition coefficient (Wildman–Crippen LogP) is 2.73. The van der Waals surface area contributed by atoms with Crippen molar-refractivity contribution in [2.24, 2.45) is 5.41 Å². The van der Waals surface area contributed by atoms with Crippen LogP contribution in [0, 0.1) is 25.1 Å². The largest absolute Gasteiger partial charge is 0.488 e. The fraction of sp³-hybridized carbons (Fsp3) is 0.391. The Balaban J connectivity index is 2.46. The standard InChI is InChI=1S/C23H30BFN2O4/c1-7-20(23(4,5)6)27(22(29)16-11-14(2)10-15(3)12-16)26-21(28)18-9-8-17(24(30)31)13-19(18)25/h8-13,20,30-31H,7H2,1-6H3,(H,26,28)/t20-/m1/s1. The molecule has 0 unspecified atom stereocenters. The van der Waals surface area contributed by atoms with Crippen molar-refractivity contribution in [2.45, 2.75) is 54.0 Å². The number of carbonyl (C=O) groups excluding carboxylic acids is 2. The molecular weight excluding hydrogens is 398 g/mol. The molecule has 2 amide bonds. The molecule has 166 valence electrons. The van der Waals surface area contributed by atoms with E-state index in [2.05, 4.69) is 5.43 Å². The first kappa shape index (κ1) is 24.6. The highest BCUT2D eigenvalue weighted by molar-refractivity contribution is 6.58. The van der Waals surface area contributed by atoms with Gasteiger partial charge in [-0.2, -0.15) is 0 Å². The van der Waals surface area contributed by atoms with Crippen molar-refractivity contribution < 1.29 is 24.0 Å². The number of benzene rings is 2. The molecule has 31 heavy (non-hydrogen) atoms. The fourth-order valence-electron chi connectivity index (χ4n) is 3.74. The Morgan fingerprint density at radius 3 is 2.13 bits per heavy atom. The summed E-state index contributed by atoms with van der Waals surface area (Å²) >= 11 is 0. The number of hydrazine groups is 1. The Hall–Kier alpha value is -2.71. The molecule has 0 spiro atoms. The topological polar surface area (TPSA) is 89.9 Å². The van der Waals surface area contributed by atoms with Crippen LogP contribution in [0.2, 0.25) is 0 Å². The second kappa shape index (κ2) is 9.62. The maximum absolute atomic E-state index is 14.5. The van der Waals surface area contributed by atoms with Crippen LogP contribution in [0.3, 0.4) is 0 Å². The third-order valence-electron chi connectivity index (χ3n) is 5.14. The second-order valence-corrected chi connectivity index (χ2v) is 8.90. The van der Waals surface area contributed by atoms with Crippen LogP contribution in [0.4, 0.5) is 4.39 Å². The Morgan fingerprint density at radius 2 is 1.68 bits per heavy atom. The number of nitrogens with one attached hydrogen (secondary N) is 1. The van der Waals surface area contributed by atoms with Gasteiger partial charge in [-0.3, -0.25) is 15.0 Å². The van der Waals surface area contributed by atoms with Crippen LogP contribution >= 0.6 is 0 Å². The number of amides is 2. The average Bonchev–Trinajstić information content (AvgIpc) is 2.65. The molecule has 2 rings (SSSR count). The molecule has 0 saturated heterocycles. The van der Waals surface area contributed by atoms with E-state index < -0.39 is 18.8 Å². The molecule has 0 saturated carbocycles. The number of carbonyl (C=O) groups is 2. The fourth-order valence-corrected chi connectivity index (χ4v) is 3.74. The second-order valence-electron chi connectivity index (χ2n) is 8.90. The van der Waals surface area contributed by atoms with E-state index >= 15 is 0 Å². The van der Waals surface area contributed by atoms with E-state index in [0.29, 0.717) is 12.0 Å². The molecule has 1 atom stereocenters.